The van der Waals surface area contributed by atoms with Crippen molar-refractivity contribution in [2.45, 2.75) is 45.1 Å². The van der Waals surface area contributed by atoms with E-state index in [4.69, 9.17) is 6.42 Å². The lowest BCUT2D eigenvalue weighted by Gasteiger charge is -2.16. The molecule has 1 heterocycles. The summed E-state index contributed by atoms with van der Waals surface area (Å²) in [4.78, 5) is 20.4. The molecule has 5 nitrogen and oxygen atoms in total. The summed E-state index contributed by atoms with van der Waals surface area (Å²) >= 11 is 0. The fourth-order valence-corrected chi connectivity index (χ4v) is 1.96. The number of carbonyl (C=O) groups is 1. The van der Waals surface area contributed by atoms with Crippen molar-refractivity contribution in [2.75, 3.05) is 6.54 Å². The van der Waals surface area contributed by atoms with Gasteiger partial charge in [0.2, 0.25) is 0 Å². The van der Waals surface area contributed by atoms with E-state index < -0.39 is 0 Å². The van der Waals surface area contributed by atoms with Gasteiger partial charge >= 0.3 is 6.03 Å². The number of carbonyl (C=O) groups excluding carboxylic acids is 1. The quantitative estimate of drug-likeness (QED) is 0.784. The van der Waals surface area contributed by atoms with Gasteiger partial charge in [-0.15, -0.1) is 6.42 Å². The Morgan fingerprint density at radius 2 is 2.10 bits per heavy atom. The molecular formula is C16H22N4O. The summed E-state index contributed by atoms with van der Waals surface area (Å²) in [6.07, 6.45) is 12.2. The smallest absolute Gasteiger partial charge is 0.315 e. The number of rotatable bonds is 6. The first-order valence-corrected chi connectivity index (χ1v) is 7.41. The molecule has 21 heavy (non-hydrogen) atoms. The lowest BCUT2D eigenvalue weighted by atomic mass is 10.1. The lowest BCUT2D eigenvalue weighted by Crippen LogP contribution is -2.44. The highest BCUT2D eigenvalue weighted by atomic mass is 16.2. The van der Waals surface area contributed by atoms with Gasteiger partial charge in [-0.25, -0.2) is 14.8 Å². The Hall–Kier alpha value is -2.09. The highest BCUT2D eigenvalue weighted by Crippen LogP contribution is 2.37. The van der Waals surface area contributed by atoms with Gasteiger partial charge < -0.3 is 10.6 Å². The molecule has 1 aliphatic rings. The van der Waals surface area contributed by atoms with Crippen molar-refractivity contribution in [3.05, 3.63) is 23.8 Å². The molecule has 0 saturated heterocycles. The monoisotopic (exact) mass is 286 g/mol. The number of hydrogen-bond acceptors (Lipinski definition) is 3. The van der Waals surface area contributed by atoms with E-state index in [1.807, 2.05) is 26.2 Å². The van der Waals surface area contributed by atoms with Crippen LogP contribution in [0.5, 0.6) is 0 Å². The lowest BCUT2D eigenvalue weighted by molar-refractivity contribution is 0.237. The number of terminal acetylenes is 1. The Balaban J connectivity index is 1.71. The molecule has 2 amide bonds. The number of amides is 2. The molecule has 1 fully saturated rings. The maximum absolute atomic E-state index is 11.7. The van der Waals surface area contributed by atoms with Crippen LogP contribution in [-0.2, 0) is 6.42 Å². The van der Waals surface area contributed by atoms with Gasteiger partial charge in [0.25, 0.3) is 0 Å². The minimum absolute atomic E-state index is 0.212. The highest BCUT2D eigenvalue weighted by Gasteiger charge is 2.26. The van der Waals surface area contributed by atoms with Crippen LogP contribution in [0.2, 0.25) is 0 Å². The molecule has 1 saturated carbocycles. The molecule has 1 atom stereocenters. The van der Waals surface area contributed by atoms with Crippen LogP contribution in [-0.4, -0.2) is 28.6 Å². The second-order valence-electron chi connectivity index (χ2n) is 5.76. The van der Waals surface area contributed by atoms with Gasteiger partial charge in [-0.05, 0) is 30.7 Å². The third-order valence-corrected chi connectivity index (χ3v) is 3.50. The summed E-state index contributed by atoms with van der Waals surface area (Å²) in [5.41, 5.74) is 1.03. The van der Waals surface area contributed by atoms with Gasteiger partial charge in [0, 0.05) is 24.9 Å². The number of nitrogens with zero attached hydrogens (tertiary/aromatic N) is 2. The zero-order chi connectivity index (χ0) is 15.2. The van der Waals surface area contributed by atoms with Crippen molar-refractivity contribution >= 4 is 6.03 Å². The van der Waals surface area contributed by atoms with Gasteiger partial charge in [-0.3, -0.25) is 0 Å². The van der Waals surface area contributed by atoms with Gasteiger partial charge in [0.15, 0.2) is 0 Å². The van der Waals surface area contributed by atoms with Gasteiger partial charge in [0.05, 0.1) is 6.04 Å². The van der Waals surface area contributed by atoms with Gasteiger partial charge in [-0.1, -0.05) is 19.8 Å². The van der Waals surface area contributed by atoms with E-state index in [9.17, 15) is 4.79 Å². The van der Waals surface area contributed by atoms with Crippen LogP contribution in [0.4, 0.5) is 4.79 Å². The topological polar surface area (TPSA) is 66.9 Å². The Morgan fingerprint density at radius 3 is 2.62 bits per heavy atom. The second kappa shape index (κ2) is 7.07. The van der Waals surface area contributed by atoms with E-state index in [1.54, 1.807) is 0 Å². The average Bonchev–Trinajstić information content (AvgIpc) is 3.30. The van der Waals surface area contributed by atoms with Crippen LogP contribution in [0.25, 0.3) is 0 Å². The molecule has 2 rings (SSSR count). The van der Waals surface area contributed by atoms with Crippen molar-refractivity contribution in [3.8, 4) is 12.3 Å². The largest absolute Gasteiger partial charge is 0.338 e. The van der Waals surface area contributed by atoms with E-state index in [1.165, 1.54) is 12.8 Å². The van der Waals surface area contributed by atoms with Crippen molar-refractivity contribution < 1.29 is 4.79 Å². The molecular weight excluding hydrogens is 264 g/mol. The zero-order valence-corrected chi connectivity index (χ0v) is 12.6. The summed E-state index contributed by atoms with van der Waals surface area (Å²) in [7, 11) is 0. The summed E-state index contributed by atoms with van der Waals surface area (Å²) in [6, 6.07) is -0.478. The molecule has 1 aromatic heterocycles. The summed E-state index contributed by atoms with van der Waals surface area (Å²) in [5.74, 6) is 4.30. The average molecular weight is 286 g/mol. The SMILES string of the molecule is C#CC(NC(=O)NCCc1cnc(C2CC2)nc1)C(C)C. The Kier molecular flexibility index (Phi) is 5.15. The molecule has 0 spiro atoms. The highest BCUT2D eigenvalue weighted by molar-refractivity contribution is 5.74. The van der Waals surface area contributed by atoms with Crippen molar-refractivity contribution in [1.82, 2.24) is 20.6 Å². The minimum Gasteiger partial charge on any atom is -0.338 e. The van der Waals surface area contributed by atoms with Crippen molar-refractivity contribution in [3.63, 3.8) is 0 Å². The van der Waals surface area contributed by atoms with E-state index in [0.29, 0.717) is 18.9 Å². The van der Waals surface area contributed by atoms with Crippen molar-refractivity contribution in [1.29, 1.82) is 0 Å². The number of urea groups is 1. The molecule has 5 heteroatoms. The summed E-state index contributed by atoms with van der Waals surface area (Å²) in [5, 5.41) is 5.57. The van der Waals surface area contributed by atoms with Crippen LogP contribution >= 0.6 is 0 Å². The zero-order valence-electron chi connectivity index (χ0n) is 12.6. The standard InChI is InChI=1S/C16H22N4O/c1-4-14(11(2)3)20-16(21)17-8-7-12-9-18-15(19-10-12)13-5-6-13/h1,9-11,13-14H,5-8H2,2-3H3,(H2,17,20,21). The molecule has 1 aromatic rings. The Bertz CT molecular complexity index is 514. The van der Waals surface area contributed by atoms with Crippen LogP contribution in [0.3, 0.4) is 0 Å². The summed E-state index contributed by atoms with van der Waals surface area (Å²) in [6.45, 7) is 4.49. The van der Waals surface area contributed by atoms with Gasteiger partial charge in [0.1, 0.15) is 5.82 Å². The molecule has 2 N–H and O–H groups in total. The first kappa shape index (κ1) is 15.3. The van der Waals surface area contributed by atoms with Crippen molar-refractivity contribution in [2.24, 2.45) is 5.92 Å². The minimum atomic E-state index is -0.244. The van der Waals surface area contributed by atoms with E-state index in [0.717, 1.165) is 11.4 Å². The normalized spacial score (nSPS) is 15.3. The van der Waals surface area contributed by atoms with Crippen LogP contribution < -0.4 is 10.6 Å². The molecule has 0 aliphatic heterocycles. The number of nitrogens with one attached hydrogen (secondary N) is 2. The maximum atomic E-state index is 11.7. The maximum Gasteiger partial charge on any atom is 0.315 e. The predicted octanol–water partition coefficient (Wildman–Crippen LogP) is 1.85. The second-order valence-corrected chi connectivity index (χ2v) is 5.76. The van der Waals surface area contributed by atoms with E-state index in [-0.39, 0.29) is 18.0 Å². The first-order valence-electron chi connectivity index (χ1n) is 7.41. The molecule has 0 aromatic carbocycles. The predicted molar refractivity (Wildman–Crippen MR) is 81.7 cm³/mol. The third kappa shape index (κ3) is 4.75. The van der Waals surface area contributed by atoms with E-state index >= 15 is 0 Å². The van der Waals surface area contributed by atoms with Crippen LogP contribution in [0, 0.1) is 18.3 Å². The third-order valence-electron chi connectivity index (χ3n) is 3.50. The molecule has 112 valence electrons. The Labute approximate surface area is 126 Å². The molecule has 1 unspecified atom stereocenters. The number of aromatic nitrogens is 2. The molecule has 1 aliphatic carbocycles. The molecule has 0 bridgehead atoms. The Morgan fingerprint density at radius 1 is 1.43 bits per heavy atom. The van der Waals surface area contributed by atoms with Gasteiger partial charge in [-0.2, -0.15) is 0 Å². The summed E-state index contributed by atoms with van der Waals surface area (Å²) < 4.78 is 0. The van der Waals surface area contributed by atoms with Crippen LogP contribution in [0.15, 0.2) is 12.4 Å². The fourth-order valence-electron chi connectivity index (χ4n) is 1.96. The van der Waals surface area contributed by atoms with Crippen LogP contribution in [0.1, 0.15) is 44.0 Å². The van der Waals surface area contributed by atoms with E-state index in [2.05, 4.69) is 26.5 Å². The fraction of sp³-hybridized carbons (Fsp3) is 0.562. The number of hydrogen-bond donors (Lipinski definition) is 2. The first-order chi connectivity index (χ1) is 10.1. The molecule has 0 radical (unpaired) electrons.